The summed E-state index contributed by atoms with van der Waals surface area (Å²) < 4.78 is 4.51. The van der Waals surface area contributed by atoms with Crippen molar-refractivity contribution in [3.8, 4) is 0 Å². The van der Waals surface area contributed by atoms with Crippen LogP contribution < -0.4 is 10.2 Å². The summed E-state index contributed by atoms with van der Waals surface area (Å²) in [6.07, 6.45) is 2.06. The molecule has 126 valence electrons. The lowest BCUT2D eigenvalue weighted by Crippen LogP contribution is -2.34. The Morgan fingerprint density at radius 1 is 1.43 bits per heavy atom. The van der Waals surface area contributed by atoms with Gasteiger partial charge in [0, 0.05) is 25.9 Å². The van der Waals surface area contributed by atoms with Crippen molar-refractivity contribution in [1.82, 2.24) is 15.5 Å². The average molecular weight is 340 g/mol. The molecule has 0 aliphatic carbocycles. The quantitative estimate of drug-likeness (QED) is 0.726. The molecule has 8 nitrogen and oxygen atoms in total. The fourth-order valence-electron chi connectivity index (χ4n) is 2.27. The van der Waals surface area contributed by atoms with E-state index in [1.807, 2.05) is 0 Å². The highest BCUT2D eigenvalue weighted by Crippen LogP contribution is 2.28. The maximum absolute atomic E-state index is 12.1. The molecule has 1 N–H and O–H groups in total. The van der Waals surface area contributed by atoms with Gasteiger partial charge in [-0.25, -0.2) is 0 Å². The van der Waals surface area contributed by atoms with E-state index in [-0.39, 0.29) is 37.2 Å². The van der Waals surface area contributed by atoms with Gasteiger partial charge in [0.1, 0.15) is 5.01 Å². The number of aryl methyl sites for hydroxylation is 1. The first-order chi connectivity index (χ1) is 11.0. The molecule has 9 heteroatoms. The second kappa shape index (κ2) is 8.00. The van der Waals surface area contributed by atoms with E-state index in [0.29, 0.717) is 11.7 Å². The molecular weight excluding hydrogens is 320 g/mol. The number of nitrogens with zero attached hydrogens (tertiary/aromatic N) is 3. The highest BCUT2D eigenvalue weighted by atomic mass is 32.1. The molecule has 1 unspecified atom stereocenters. The first-order valence-corrected chi connectivity index (χ1v) is 8.34. The summed E-state index contributed by atoms with van der Waals surface area (Å²) in [6, 6.07) is 0. The molecule has 1 aromatic rings. The van der Waals surface area contributed by atoms with Crippen molar-refractivity contribution < 1.29 is 19.1 Å². The van der Waals surface area contributed by atoms with Crippen molar-refractivity contribution in [2.24, 2.45) is 5.92 Å². The van der Waals surface area contributed by atoms with Crippen molar-refractivity contribution >= 4 is 34.3 Å². The van der Waals surface area contributed by atoms with Crippen LogP contribution in [0.15, 0.2) is 0 Å². The van der Waals surface area contributed by atoms with Crippen LogP contribution >= 0.6 is 11.3 Å². The van der Waals surface area contributed by atoms with Crippen molar-refractivity contribution in [3.05, 3.63) is 5.01 Å². The van der Waals surface area contributed by atoms with Gasteiger partial charge >= 0.3 is 5.97 Å². The van der Waals surface area contributed by atoms with Crippen LogP contribution in [0, 0.1) is 5.92 Å². The number of rotatable bonds is 7. The molecule has 0 aromatic carbocycles. The van der Waals surface area contributed by atoms with Gasteiger partial charge in [0.25, 0.3) is 0 Å². The molecule has 23 heavy (non-hydrogen) atoms. The molecule has 0 bridgehead atoms. The number of hydrogen-bond donors (Lipinski definition) is 1. The van der Waals surface area contributed by atoms with Crippen LogP contribution in [0.4, 0.5) is 5.13 Å². The third kappa shape index (κ3) is 4.47. The number of aromatic nitrogens is 2. The molecule has 1 fully saturated rings. The zero-order chi connectivity index (χ0) is 16.8. The lowest BCUT2D eigenvalue weighted by atomic mass is 10.1. The third-order valence-corrected chi connectivity index (χ3v) is 4.51. The number of esters is 1. The predicted molar refractivity (Wildman–Crippen MR) is 84.0 cm³/mol. The summed E-state index contributed by atoms with van der Waals surface area (Å²) in [5, 5.41) is 12.2. The fourth-order valence-corrected chi connectivity index (χ4v) is 3.24. The minimum Gasteiger partial charge on any atom is -0.469 e. The van der Waals surface area contributed by atoms with Gasteiger partial charge in [0.15, 0.2) is 0 Å². The van der Waals surface area contributed by atoms with Crippen molar-refractivity contribution in [1.29, 1.82) is 0 Å². The number of nitrogens with one attached hydrogen (secondary N) is 1. The van der Waals surface area contributed by atoms with Crippen LogP contribution in [-0.2, 0) is 25.5 Å². The van der Waals surface area contributed by atoms with Crippen LogP contribution in [-0.4, -0.2) is 48.2 Å². The SMILES string of the molecule is CCCc1nnc(N2CC(C(=O)NCCC(=O)OC)CC2=O)s1. The van der Waals surface area contributed by atoms with E-state index in [4.69, 9.17) is 0 Å². The largest absolute Gasteiger partial charge is 0.469 e. The monoisotopic (exact) mass is 340 g/mol. The minimum absolute atomic E-state index is 0.114. The molecular formula is C14H20N4O4S. The zero-order valence-corrected chi connectivity index (χ0v) is 14.0. The topological polar surface area (TPSA) is 101 Å². The summed E-state index contributed by atoms with van der Waals surface area (Å²) in [4.78, 5) is 36.7. The van der Waals surface area contributed by atoms with Gasteiger partial charge in [-0.1, -0.05) is 18.3 Å². The molecule has 1 atom stereocenters. The number of methoxy groups -OCH3 is 1. The molecule has 1 aliphatic heterocycles. The van der Waals surface area contributed by atoms with Crippen molar-refractivity contribution in [3.63, 3.8) is 0 Å². The van der Waals surface area contributed by atoms with Gasteiger partial charge in [-0.2, -0.15) is 0 Å². The van der Waals surface area contributed by atoms with E-state index in [0.717, 1.165) is 17.8 Å². The van der Waals surface area contributed by atoms with E-state index in [2.05, 4.69) is 27.2 Å². The predicted octanol–water partition coefficient (Wildman–Crippen LogP) is 0.523. The first kappa shape index (κ1) is 17.3. The second-order valence-corrected chi connectivity index (χ2v) is 6.29. The number of carbonyl (C=O) groups excluding carboxylic acids is 3. The maximum atomic E-state index is 12.1. The molecule has 1 saturated heterocycles. The summed E-state index contributed by atoms with van der Waals surface area (Å²) >= 11 is 1.39. The van der Waals surface area contributed by atoms with Crippen LogP contribution in [0.25, 0.3) is 0 Å². The minimum atomic E-state index is -0.432. The lowest BCUT2D eigenvalue weighted by Gasteiger charge is -2.12. The van der Waals surface area contributed by atoms with E-state index < -0.39 is 5.92 Å². The number of amides is 2. The maximum Gasteiger partial charge on any atom is 0.307 e. The van der Waals surface area contributed by atoms with Gasteiger partial charge in [-0.3, -0.25) is 19.3 Å². The van der Waals surface area contributed by atoms with Gasteiger partial charge < -0.3 is 10.1 Å². The Bertz CT molecular complexity index is 589. The Morgan fingerprint density at radius 2 is 2.22 bits per heavy atom. The summed E-state index contributed by atoms with van der Waals surface area (Å²) in [7, 11) is 1.30. The number of anilines is 1. The number of carbonyl (C=O) groups is 3. The van der Waals surface area contributed by atoms with E-state index in [1.165, 1.54) is 23.3 Å². The Morgan fingerprint density at radius 3 is 2.91 bits per heavy atom. The van der Waals surface area contributed by atoms with E-state index >= 15 is 0 Å². The van der Waals surface area contributed by atoms with E-state index in [9.17, 15) is 14.4 Å². The summed E-state index contributed by atoms with van der Waals surface area (Å²) in [6.45, 7) is 2.55. The zero-order valence-electron chi connectivity index (χ0n) is 13.2. The highest BCUT2D eigenvalue weighted by molar-refractivity contribution is 7.15. The van der Waals surface area contributed by atoms with Gasteiger partial charge in [-0.05, 0) is 6.42 Å². The molecule has 0 radical (unpaired) electrons. The van der Waals surface area contributed by atoms with Gasteiger partial charge in [0.05, 0.1) is 19.4 Å². The second-order valence-electron chi connectivity index (χ2n) is 5.25. The Kier molecular flexibility index (Phi) is 6.03. The lowest BCUT2D eigenvalue weighted by molar-refractivity contribution is -0.140. The molecule has 2 rings (SSSR count). The Hall–Kier alpha value is -2.03. The van der Waals surface area contributed by atoms with Crippen LogP contribution in [0.2, 0.25) is 0 Å². The smallest absolute Gasteiger partial charge is 0.307 e. The van der Waals surface area contributed by atoms with Crippen LogP contribution in [0.1, 0.15) is 31.2 Å². The van der Waals surface area contributed by atoms with Gasteiger partial charge in [0.2, 0.25) is 16.9 Å². The number of ether oxygens (including phenoxy) is 1. The van der Waals surface area contributed by atoms with E-state index in [1.54, 1.807) is 0 Å². The molecule has 2 amide bonds. The molecule has 2 heterocycles. The van der Waals surface area contributed by atoms with Gasteiger partial charge in [-0.15, -0.1) is 10.2 Å². The van der Waals surface area contributed by atoms with Crippen molar-refractivity contribution in [2.75, 3.05) is 25.1 Å². The molecule has 1 aromatic heterocycles. The number of hydrogen-bond acceptors (Lipinski definition) is 7. The highest BCUT2D eigenvalue weighted by Gasteiger charge is 2.36. The van der Waals surface area contributed by atoms with Crippen LogP contribution in [0.5, 0.6) is 0 Å². The fraction of sp³-hybridized carbons (Fsp3) is 0.643. The first-order valence-electron chi connectivity index (χ1n) is 7.52. The Labute approximate surface area is 138 Å². The average Bonchev–Trinajstić information content (AvgIpc) is 3.13. The standard InChI is InChI=1S/C14H20N4O4S/c1-3-4-10-16-17-14(23-10)18-8-9(7-11(18)19)13(21)15-6-5-12(20)22-2/h9H,3-8H2,1-2H3,(H,15,21). The molecule has 0 saturated carbocycles. The summed E-state index contributed by atoms with van der Waals surface area (Å²) in [5.74, 6) is -1.18. The summed E-state index contributed by atoms with van der Waals surface area (Å²) in [5.41, 5.74) is 0. The Balaban J connectivity index is 1.88. The van der Waals surface area contributed by atoms with Crippen LogP contribution in [0.3, 0.4) is 0 Å². The molecule has 0 spiro atoms. The van der Waals surface area contributed by atoms with Crippen molar-refractivity contribution in [2.45, 2.75) is 32.6 Å². The third-order valence-electron chi connectivity index (χ3n) is 3.50. The molecule has 1 aliphatic rings. The normalized spacial score (nSPS) is 17.4.